The summed E-state index contributed by atoms with van der Waals surface area (Å²) < 4.78 is 0. The van der Waals surface area contributed by atoms with Crippen LogP contribution in [0.2, 0.25) is 5.02 Å². The number of halogens is 1. The number of benzene rings is 2. The lowest BCUT2D eigenvalue weighted by molar-refractivity contribution is 1.48. The minimum Gasteiger partial charge on any atom is -0.398 e. The Bertz CT molecular complexity index is 556. The largest absolute Gasteiger partial charge is 0.398 e. The highest BCUT2D eigenvalue weighted by Gasteiger charge is 2.09. The maximum atomic E-state index is 9.06. The molecule has 78 valence electrons. The molecule has 0 aliphatic heterocycles. The first-order valence-electron chi connectivity index (χ1n) is 4.77. The molecule has 0 saturated carbocycles. The average Bonchev–Trinajstić information content (AvgIpc) is 2.29. The second kappa shape index (κ2) is 4.26. The van der Waals surface area contributed by atoms with Gasteiger partial charge in [-0.2, -0.15) is 5.26 Å². The van der Waals surface area contributed by atoms with Crippen LogP contribution in [0, 0.1) is 11.3 Å². The van der Waals surface area contributed by atoms with Crippen LogP contribution in [0.5, 0.6) is 0 Å². The lowest BCUT2D eigenvalue weighted by Crippen LogP contribution is -1.93. The van der Waals surface area contributed by atoms with Crippen molar-refractivity contribution < 1.29 is 0 Å². The zero-order valence-electron chi connectivity index (χ0n) is 8.44. The molecule has 0 radical (unpaired) electrons. The number of nitriles is 1. The summed E-state index contributed by atoms with van der Waals surface area (Å²) in [5.74, 6) is 0. The predicted octanol–water partition coefficient (Wildman–Crippen LogP) is 3.46. The Kier molecular flexibility index (Phi) is 2.80. The molecule has 2 aromatic carbocycles. The van der Waals surface area contributed by atoms with Gasteiger partial charge in [0.2, 0.25) is 0 Å². The number of hydrogen-bond donors (Lipinski definition) is 1. The van der Waals surface area contributed by atoms with Crippen molar-refractivity contribution in [3.05, 3.63) is 53.1 Å². The number of nitrogens with zero attached hydrogens (tertiary/aromatic N) is 1. The van der Waals surface area contributed by atoms with Crippen molar-refractivity contribution in [1.82, 2.24) is 0 Å². The first-order valence-corrected chi connectivity index (χ1v) is 5.14. The van der Waals surface area contributed by atoms with E-state index >= 15 is 0 Å². The van der Waals surface area contributed by atoms with E-state index < -0.39 is 0 Å². The molecular weight excluding hydrogens is 220 g/mol. The number of rotatable bonds is 1. The van der Waals surface area contributed by atoms with E-state index in [1.807, 2.05) is 30.3 Å². The normalized spacial score (nSPS) is 9.75. The summed E-state index contributed by atoms with van der Waals surface area (Å²) in [5.41, 5.74) is 8.58. The number of nitrogens with two attached hydrogens (primary N) is 1. The Labute approximate surface area is 98.9 Å². The molecule has 0 heterocycles. The Balaban J connectivity index is 2.71. The lowest BCUT2D eigenvalue weighted by atomic mass is 9.98. The Hall–Kier alpha value is -1.98. The van der Waals surface area contributed by atoms with Gasteiger partial charge in [-0.1, -0.05) is 41.9 Å². The van der Waals surface area contributed by atoms with Crippen LogP contribution in [0.3, 0.4) is 0 Å². The molecule has 0 saturated heterocycles. The van der Waals surface area contributed by atoms with Crippen LogP contribution in [-0.4, -0.2) is 0 Å². The number of anilines is 1. The molecule has 0 bridgehead atoms. The molecule has 0 fully saturated rings. The molecule has 0 aliphatic carbocycles. The summed E-state index contributed by atoms with van der Waals surface area (Å²) >= 11 is 5.86. The molecule has 2 rings (SSSR count). The van der Waals surface area contributed by atoms with Gasteiger partial charge in [-0.15, -0.1) is 0 Å². The van der Waals surface area contributed by atoms with Crippen molar-refractivity contribution in [2.75, 3.05) is 5.73 Å². The predicted molar refractivity (Wildman–Crippen MR) is 66.0 cm³/mol. The third-order valence-corrected chi connectivity index (χ3v) is 2.53. The van der Waals surface area contributed by atoms with E-state index in [2.05, 4.69) is 6.07 Å². The second-order valence-corrected chi connectivity index (χ2v) is 3.83. The average molecular weight is 229 g/mol. The molecule has 0 aromatic heterocycles. The van der Waals surface area contributed by atoms with Crippen molar-refractivity contribution in [3.8, 4) is 17.2 Å². The van der Waals surface area contributed by atoms with Gasteiger partial charge >= 0.3 is 0 Å². The quantitative estimate of drug-likeness (QED) is 0.760. The summed E-state index contributed by atoms with van der Waals surface area (Å²) in [5, 5.41) is 9.54. The second-order valence-electron chi connectivity index (χ2n) is 3.40. The van der Waals surface area contributed by atoms with Gasteiger partial charge in [-0.3, -0.25) is 0 Å². The molecule has 2 N–H and O–H groups in total. The van der Waals surface area contributed by atoms with Gasteiger partial charge in [0.1, 0.15) is 0 Å². The summed E-state index contributed by atoms with van der Waals surface area (Å²) in [7, 11) is 0. The van der Waals surface area contributed by atoms with Crippen LogP contribution < -0.4 is 5.73 Å². The third-order valence-electron chi connectivity index (χ3n) is 2.32. The van der Waals surface area contributed by atoms with Gasteiger partial charge < -0.3 is 5.73 Å². The van der Waals surface area contributed by atoms with Crippen molar-refractivity contribution in [2.24, 2.45) is 0 Å². The van der Waals surface area contributed by atoms with Crippen molar-refractivity contribution in [1.29, 1.82) is 5.26 Å². The van der Waals surface area contributed by atoms with Crippen LogP contribution in [0.1, 0.15) is 5.56 Å². The van der Waals surface area contributed by atoms with E-state index in [0.29, 0.717) is 16.3 Å². The van der Waals surface area contributed by atoms with E-state index in [0.717, 1.165) is 11.1 Å². The van der Waals surface area contributed by atoms with Crippen LogP contribution in [0.25, 0.3) is 11.1 Å². The molecule has 3 heteroatoms. The first kappa shape index (κ1) is 10.5. The highest BCUT2D eigenvalue weighted by atomic mass is 35.5. The summed E-state index contributed by atoms with van der Waals surface area (Å²) in [6.45, 7) is 0. The molecule has 2 nitrogen and oxygen atoms in total. The number of nitrogen functional groups attached to an aromatic ring is 1. The monoisotopic (exact) mass is 228 g/mol. The van der Waals surface area contributed by atoms with Gasteiger partial charge in [-0.25, -0.2) is 0 Å². The summed E-state index contributed by atoms with van der Waals surface area (Å²) in [6.07, 6.45) is 0. The van der Waals surface area contributed by atoms with E-state index in [1.54, 1.807) is 12.1 Å². The SMILES string of the molecule is N#Cc1cc(Cl)cc(N)c1-c1ccccc1. The zero-order valence-corrected chi connectivity index (χ0v) is 9.20. The molecule has 0 atom stereocenters. The van der Waals surface area contributed by atoms with E-state index in [9.17, 15) is 0 Å². The minimum absolute atomic E-state index is 0.480. The van der Waals surface area contributed by atoms with Crippen LogP contribution in [0.4, 0.5) is 5.69 Å². The molecule has 0 spiro atoms. The number of hydrogen-bond acceptors (Lipinski definition) is 2. The smallest absolute Gasteiger partial charge is 0.0999 e. The van der Waals surface area contributed by atoms with Crippen molar-refractivity contribution >= 4 is 17.3 Å². The first-order chi connectivity index (χ1) is 7.72. The van der Waals surface area contributed by atoms with Gasteiger partial charge in [0, 0.05) is 16.3 Å². The Morgan fingerprint density at radius 1 is 1.12 bits per heavy atom. The fourth-order valence-corrected chi connectivity index (χ4v) is 1.87. The fraction of sp³-hybridized carbons (Fsp3) is 0. The molecule has 0 amide bonds. The standard InChI is InChI=1S/C13H9ClN2/c14-11-6-10(8-15)13(12(16)7-11)9-4-2-1-3-5-9/h1-7H,16H2. The van der Waals surface area contributed by atoms with Crippen molar-refractivity contribution in [2.45, 2.75) is 0 Å². The maximum Gasteiger partial charge on any atom is 0.0999 e. The Morgan fingerprint density at radius 3 is 2.44 bits per heavy atom. The van der Waals surface area contributed by atoms with Gasteiger partial charge in [0.25, 0.3) is 0 Å². The van der Waals surface area contributed by atoms with Gasteiger partial charge in [0.15, 0.2) is 0 Å². The van der Waals surface area contributed by atoms with Gasteiger partial charge in [0.05, 0.1) is 11.6 Å². The zero-order chi connectivity index (χ0) is 11.5. The molecule has 0 unspecified atom stereocenters. The topological polar surface area (TPSA) is 49.8 Å². The van der Waals surface area contributed by atoms with Crippen LogP contribution >= 0.6 is 11.6 Å². The molecule has 16 heavy (non-hydrogen) atoms. The summed E-state index contributed by atoms with van der Waals surface area (Å²) in [4.78, 5) is 0. The Morgan fingerprint density at radius 2 is 1.81 bits per heavy atom. The fourth-order valence-electron chi connectivity index (χ4n) is 1.64. The highest BCUT2D eigenvalue weighted by molar-refractivity contribution is 6.31. The van der Waals surface area contributed by atoms with Crippen molar-refractivity contribution in [3.63, 3.8) is 0 Å². The molecular formula is C13H9ClN2. The van der Waals surface area contributed by atoms with Crippen LogP contribution in [0.15, 0.2) is 42.5 Å². The summed E-state index contributed by atoms with van der Waals surface area (Å²) in [6, 6.07) is 15.0. The minimum atomic E-state index is 0.480. The van der Waals surface area contributed by atoms with E-state index in [1.165, 1.54) is 0 Å². The van der Waals surface area contributed by atoms with E-state index in [-0.39, 0.29) is 0 Å². The maximum absolute atomic E-state index is 9.06. The third kappa shape index (κ3) is 1.86. The molecule has 2 aromatic rings. The van der Waals surface area contributed by atoms with Gasteiger partial charge in [-0.05, 0) is 17.7 Å². The van der Waals surface area contributed by atoms with Crippen LogP contribution in [-0.2, 0) is 0 Å². The highest BCUT2D eigenvalue weighted by Crippen LogP contribution is 2.32. The molecule has 0 aliphatic rings. The lowest BCUT2D eigenvalue weighted by Gasteiger charge is -2.08. The van der Waals surface area contributed by atoms with E-state index in [4.69, 9.17) is 22.6 Å².